The normalized spacial score (nSPS) is 23.9. The molecule has 37 heavy (non-hydrogen) atoms. The molecule has 3 aliphatic rings. The van der Waals surface area contributed by atoms with Gasteiger partial charge in [0.2, 0.25) is 17.7 Å². The molecule has 0 spiro atoms. The fraction of sp³-hybridized carbons (Fsp3) is 0.643. The van der Waals surface area contributed by atoms with E-state index >= 15 is 0 Å². The number of hydrogen-bond acceptors (Lipinski definition) is 6. The topological polar surface area (TPSA) is 128 Å². The molecule has 1 aromatic carbocycles. The quantitative estimate of drug-likeness (QED) is 0.400. The van der Waals surface area contributed by atoms with Gasteiger partial charge in [-0.2, -0.15) is 0 Å². The van der Waals surface area contributed by atoms with E-state index in [1.807, 2.05) is 0 Å². The van der Waals surface area contributed by atoms with Crippen molar-refractivity contribution in [1.82, 2.24) is 20.9 Å². The highest BCUT2D eigenvalue weighted by atomic mass is 16.3. The van der Waals surface area contributed by atoms with Gasteiger partial charge in [0, 0.05) is 6.54 Å². The molecule has 0 bridgehead atoms. The standard InChI is InChI=1S/C28H40N4O5/c1-18(33)23(17-19-11-13-21(34)14-12-19)30-27(36)25(20-7-3-2-4-8-20)31-26(35)24-10-6-16-32(24)28(37)22-9-5-15-29-22/h11-14,20,22-25,29,34H,2-10,15-17H2,1H3,(H,30,36)(H,31,35). The summed E-state index contributed by atoms with van der Waals surface area (Å²) in [6.45, 7) is 2.81. The van der Waals surface area contributed by atoms with Gasteiger partial charge in [0.05, 0.1) is 12.1 Å². The SMILES string of the molecule is CC(=O)C(Cc1ccc(O)cc1)NC(=O)C(NC(=O)C1CCCN1C(=O)C1CCCN1)C1CCCCC1. The Morgan fingerprint density at radius 2 is 1.70 bits per heavy atom. The van der Waals surface area contributed by atoms with Crippen LogP contribution in [-0.2, 0) is 25.6 Å². The number of phenols is 1. The molecule has 4 atom stereocenters. The minimum atomic E-state index is -0.753. The molecule has 4 N–H and O–H groups in total. The van der Waals surface area contributed by atoms with Gasteiger partial charge in [-0.1, -0.05) is 31.4 Å². The number of phenolic OH excluding ortho intramolecular Hbond substituents is 1. The van der Waals surface area contributed by atoms with E-state index in [0.717, 1.165) is 63.5 Å². The van der Waals surface area contributed by atoms with Crippen molar-refractivity contribution in [3.63, 3.8) is 0 Å². The monoisotopic (exact) mass is 512 g/mol. The summed E-state index contributed by atoms with van der Waals surface area (Å²) >= 11 is 0. The minimum Gasteiger partial charge on any atom is -0.508 e. The van der Waals surface area contributed by atoms with Gasteiger partial charge in [-0.15, -0.1) is 0 Å². The summed E-state index contributed by atoms with van der Waals surface area (Å²) in [5.74, 6) is -0.720. The summed E-state index contributed by atoms with van der Waals surface area (Å²) in [7, 11) is 0. The summed E-state index contributed by atoms with van der Waals surface area (Å²) in [6.07, 6.45) is 8.14. The lowest BCUT2D eigenvalue weighted by Crippen LogP contribution is -2.58. The molecule has 4 rings (SSSR count). The summed E-state index contributed by atoms with van der Waals surface area (Å²) in [5.41, 5.74) is 0.817. The molecule has 2 heterocycles. The van der Waals surface area contributed by atoms with Crippen molar-refractivity contribution >= 4 is 23.5 Å². The molecule has 1 aromatic rings. The van der Waals surface area contributed by atoms with E-state index in [1.165, 1.54) is 6.92 Å². The third-order valence-electron chi connectivity index (χ3n) is 8.08. The Hall–Kier alpha value is -2.94. The molecular weight excluding hydrogens is 472 g/mol. The van der Waals surface area contributed by atoms with Gasteiger partial charge in [-0.3, -0.25) is 19.2 Å². The van der Waals surface area contributed by atoms with Crippen molar-refractivity contribution in [2.24, 2.45) is 5.92 Å². The summed E-state index contributed by atoms with van der Waals surface area (Å²) in [4.78, 5) is 54.2. The Morgan fingerprint density at radius 3 is 2.35 bits per heavy atom. The molecule has 2 aliphatic heterocycles. The zero-order valence-electron chi connectivity index (χ0n) is 21.7. The van der Waals surface area contributed by atoms with E-state index in [0.29, 0.717) is 19.4 Å². The van der Waals surface area contributed by atoms with Crippen LogP contribution < -0.4 is 16.0 Å². The predicted molar refractivity (Wildman–Crippen MR) is 139 cm³/mol. The maximum absolute atomic E-state index is 13.6. The first-order valence-corrected chi connectivity index (χ1v) is 13.8. The van der Waals surface area contributed by atoms with Crippen molar-refractivity contribution in [2.45, 2.75) is 95.3 Å². The van der Waals surface area contributed by atoms with Crippen molar-refractivity contribution in [3.8, 4) is 5.75 Å². The van der Waals surface area contributed by atoms with Crippen LogP contribution in [0.2, 0.25) is 0 Å². The number of rotatable bonds is 9. The van der Waals surface area contributed by atoms with E-state index in [1.54, 1.807) is 29.2 Å². The number of likely N-dealkylation sites (tertiary alicyclic amines) is 1. The smallest absolute Gasteiger partial charge is 0.243 e. The van der Waals surface area contributed by atoms with Crippen LogP contribution in [0.15, 0.2) is 24.3 Å². The average molecular weight is 513 g/mol. The largest absolute Gasteiger partial charge is 0.508 e. The summed E-state index contributed by atoms with van der Waals surface area (Å²) in [6, 6.07) is 4.25. The molecular formula is C28H40N4O5. The number of benzene rings is 1. The Labute approximate surface area is 218 Å². The van der Waals surface area contributed by atoms with Crippen LogP contribution in [0, 0.1) is 5.92 Å². The summed E-state index contributed by atoms with van der Waals surface area (Å²) < 4.78 is 0. The number of hydrogen-bond donors (Lipinski definition) is 4. The van der Waals surface area contributed by atoms with E-state index < -0.39 is 18.1 Å². The number of carbonyl (C=O) groups is 4. The van der Waals surface area contributed by atoms with Gasteiger partial charge in [0.25, 0.3) is 0 Å². The number of amides is 3. The molecule has 2 saturated heterocycles. The molecule has 202 valence electrons. The first-order chi connectivity index (χ1) is 17.8. The fourth-order valence-corrected chi connectivity index (χ4v) is 5.94. The Bertz CT molecular complexity index is 969. The predicted octanol–water partition coefficient (Wildman–Crippen LogP) is 1.82. The molecule has 0 radical (unpaired) electrons. The van der Waals surface area contributed by atoms with Gasteiger partial charge in [-0.05, 0) is 82.0 Å². The van der Waals surface area contributed by atoms with Crippen LogP contribution in [0.25, 0.3) is 0 Å². The van der Waals surface area contributed by atoms with Crippen LogP contribution in [0.3, 0.4) is 0 Å². The maximum Gasteiger partial charge on any atom is 0.243 e. The number of aromatic hydroxyl groups is 1. The van der Waals surface area contributed by atoms with E-state index in [4.69, 9.17) is 0 Å². The van der Waals surface area contributed by atoms with Crippen molar-refractivity contribution in [3.05, 3.63) is 29.8 Å². The molecule has 9 heteroatoms. The second-order valence-electron chi connectivity index (χ2n) is 10.8. The average Bonchev–Trinajstić information content (AvgIpc) is 3.61. The number of ketones is 1. The number of nitrogens with zero attached hydrogens (tertiary/aromatic N) is 1. The van der Waals surface area contributed by atoms with Crippen LogP contribution in [0.5, 0.6) is 5.75 Å². The molecule has 0 aromatic heterocycles. The summed E-state index contributed by atoms with van der Waals surface area (Å²) in [5, 5.41) is 18.7. The zero-order valence-corrected chi connectivity index (χ0v) is 21.7. The lowest BCUT2D eigenvalue weighted by Gasteiger charge is -2.33. The minimum absolute atomic E-state index is 0.0129. The van der Waals surface area contributed by atoms with Crippen molar-refractivity contribution in [1.29, 1.82) is 0 Å². The molecule has 3 amide bonds. The molecule has 3 fully saturated rings. The van der Waals surface area contributed by atoms with Gasteiger partial charge in [-0.25, -0.2) is 0 Å². The lowest BCUT2D eigenvalue weighted by atomic mass is 9.83. The maximum atomic E-state index is 13.6. The van der Waals surface area contributed by atoms with Crippen LogP contribution in [-0.4, -0.2) is 70.8 Å². The van der Waals surface area contributed by atoms with Crippen molar-refractivity contribution < 1.29 is 24.3 Å². The highest BCUT2D eigenvalue weighted by molar-refractivity contribution is 5.95. The van der Waals surface area contributed by atoms with Gasteiger partial charge in [0.15, 0.2) is 5.78 Å². The highest BCUT2D eigenvalue weighted by Gasteiger charge is 2.40. The second-order valence-corrected chi connectivity index (χ2v) is 10.8. The molecule has 4 unspecified atom stereocenters. The third kappa shape index (κ3) is 6.89. The highest BCUT2D eigenvalue weighted by Crippen LogP contribution is 2.28. The third-order valence-corrected chi connectivity index (χ3v) is 8.08. The first kappa shape index (κ1) is 27.1. The molecule has 1 aliphatic carbocycles. The lowest BCUT2D eigenvalue weighted by molar-refractivity contribution is -0.141. The fourth-order valence-electron chi connectivity index (χ4n) is 5.94. The van der Waals surface area contributed by atoms with Crippen LogP contribution in [0.4, 0.5) is 0 Å². The van der Waals surface area contributed by atoms with E-state index in [9.17, 15) is 24.3 Å². The molecule has 9 nitrogen and oxygen atoms in total. The number of nitrogens with one attached hydrogen (secondary N) is 3. The van der Waals surface area contributed by atoms with Gasteiger partial charge < -0.3 is 26.0 Å². The molecule has 1 saturated carbocycles. The van der Waals surface area contributed by atoms with E-state index in [-0.39, 0.29) is 41.2 Å². The van der Waals surface area contributed by atoms with Crippen molar-refractivity contribution in [2.75, 3.05) is 13.1 Å². The van der Waals surface area contributed by atoms with Gasteiger partial charge >= 0.3 is 0 Å². The van der Waals surface area contributed by atoms with E-state index in [2.05, 4.69) is 16.0 Å². The van der Waals surface area contributed by atoms with Crippen LogP contribution >= 0.6 is 0 Å². The number of Topliss-reactive ketones (excluding diaryl/α,β-unsaturated/α-hetero) is 1. The second kappa shape index (κ2) is 12.5. The Morgan fingerprint density at radius 1 is 0.973 bits per heavy atom. The Kier molecular flexibility index (Phi) is 9.18. The zero-order chi connectivity index (χ0) is 26.4. The van der Waals surface area contributed by atoms with Crippen LogP contribution in [0.1, 0.15) is 70.3 Å². The first-order valence-electron chi connectivity index (χ1n) is 13.8. The Balaban J connectivity index is 1.46. The van der Waals surface area contributed by atoms with Gasteiger partial charge in [0.1, 0.15) is 17.8 Å². The number of carbonyl (C=O) groups excluding carboxylic acids is 4.